The van der Waals surface area contributed by atoms with E-state index in [9.17, 15) is 4.79 Å². The van der Waals surface area contributed by atoms with Gasteiger partial charge >= 0.3 is 5.97 Å². The number of fused-ring (bicyclic) bond motifs is 1. The first-order valence-electron chi connectivity index (χ1n) is 4.27. The van der Waals surface area contributed by atoms with E-state index in [4.69, 9.17) is 5.11 Å². The highest BCUT2D eigenvalue weighted by Gasteiger charge is 2.49. The van der Waals surface area contributed by atoms with Crippen LogP contribution in [0, 0.1) is 0 Å². The Bertz CT molecular complexity index is 221. The quantitative estimate of drug-likeness (QED) is 0.665. The fourth-order valence-corrected chi connectivity index (χ4v) is 3.66. The van der Waals surface area contributed by atoms with Gasteiger partial charge < -0.3 is 5.11 Å². The molecule has 0 aromatic carbocycles. The van der Waals surface area contributed by atoms with E-state index in [2.05, 4.69) is 11.8 Å². The van der Waals surface area contributed by atoms with Gasteiger partial charge in [0.05, 0.1) is 4.87 Å². The fraction of sp³-hybridized carbons (Fsp3) is 0.875. The summed E-state index contributed by atoms with van der Waals surface area (Å²) >= 11 is 1.80. The van der Waals surface area contributed by atoms with Crippen LogP contribution in [0.15, 0.2) is 0 Å². The van der Waals surface area contributed by atoms with Crippen molar-refractivity contribution >= 4 is 17.7 Å². The van der Waals surface area contributed by atoms with Gasteiger partial charge in [0.2, 0.25) is 0 Å². The van der Waals surface area contributed by atoms with Crippen molar-refractivity contribution in [2.75, 3.05) is 12.3 Å². The average molecular weight is 187 g/mol. The van der Waals surface area contributed by atoms with E-state index < -0.39 is 5.97 Å². The molecule has 4 heteroatoms. The summed E-state index contributed by atoms with van der Waals surface area (Å²) in [4.78, 5) is 13.1. The maximum atomic E-state index is 10.8. The first-order chi connectivity index (χ1) is 5.63. The third kappa shape index (κ3) is 1.05. The molecular formula is C8H13NO2S. The van der Waals surface area contributed by atoms with Gasteiger partial charge in [-0.1, -0.05) is 0 Å². The first-order valence-corrected chi connectivity index (χ1v) is 5.25. The number of hydrogen-bond acceptors (Lipinski definition) is 3. The largest absolute Gasteiger partial charge is 0.480 e. The van der Waals surface area contributed by atoms with E-state index in [0.717, 1.165) is 25.1 Å². The number of aliphatic carboxylic acids is 1. The third-order valence-corrected chi connectivity index (χ3v) is 4.40. The number of nitrogens with zero attached hydrogens (tertiary/aromatic N) is 1. The molecule has 0 unspecified atom stereocenters. The minimum Gasteiger partial charge on any atom is -0.480 e. The number of carbonyl (C=O) groups is 1. The number of thioether (sulfide) groups is 1. The van der Waals surface area contributed by atoms with E-state index in [-0.39, 0.29) is 10.9 Å². The molecule has 0 radical (unpaired) electrons. The molecule has 2 atom stereocenters. The van der Waals surface area contributed by atoms with Gasteiger partial charge in [0.15, 0.2) is 0 Å². The Balaban J connectivity index is 2.18. The minimum absolute atomic E-state index is 0.128. The zero-order chi connectivity index (χ0) is 8.77. The van der Waals surface area contributed by atoms with Crippen molar-refractivity contribution in [1.29, 1.82) is 0 Å². The number of hydrogen-bond donors (Lipinski definition) is 1. The lowest BCUT2D eigenvalue weighted by atomic mass is 10.2. The summed E-state index contributed by atoms with van der Waals surface area (Å²) in [7, 11) is 0. The van der Waals surface area contributed by atoms with Gasteiger partial charge in [-0.2, -0.15) is 0 Å². The van der Waals surface area contributed by atoms with E-state index in [1.54, 1.807) is 11.8 Å². The van der Waals surface area contributed by atoms with Crippen LogP contribution in [0.2, 0.25) is 0 Å². The van der Waals surface area contributed by atoms with E-state index in [1.807, 2.05) is 0 Å². The Morgan fingerprint density at radius 3 is 3.17 bits per heavy atom. The van der Waals surface area contributed by atoms with Crippen LogP contribution in [0.4, 0.5) is 0 Å². The first kappa shape index (κ1) is 8.38. The molecule has 0 amide bonds. The summed E-state index contributed by atoms with van der Waals surface area (Å²) in [5.74, 6) is 0.0966. The Morgan fingerprint density at radius 2 is 2.50 bits per heavy atom. The molecule has 0 aromatic heterocycles. The molecule has 2 aliphatic heterocycles. The van der Waals surface area contributed by atoms with Gasteiger partial charge in [-0.25, -0.2) is 0 Å². The fourth-order valence-electron chi connectivity index (χ4n) is 2.15. The van der Waals surface area contributed by atoms with Gasteiger partial charge in [-0.05, 0) is 19.8 Å². The van der Waals surface area contributed by atoms with Crippen molar-refractivity contribution in [2.45, 2.75) is 30.7 Å². The zero-order valence-electron chi connectivity index (χ0n) is 7.12. The van der Waals surface area contributed by atoms with Gasteiger partial charge in [0, 0.05) is 12.3 Å². The van der Waals surface area contributed by atoms with Crippen molar-refractivity contribution in [2.24, 2.45) is 0 Å². The standard InChI is InChI=1S/C8H13NO2S/c1-8-3-2-4-9(8)6(5-12-8)7(10)11/h6H,2-5H2,1H3,(H,10,11)/t6-,8+/m0/s1. The van der Waals surface area contributed by atoms with Gasteiger partial charge in [-0.3, -0.25) is 9.69 Å². The summed E-state index contributed by atoms with van der Waals surface area (Å²) in [5.41, 5.74) is 0. The van der Waals surface area contributed by atoms with Crippen LogP contribution in [0.5, 0.6) is 0 Å². The average Bonchev–Trinajstić information content (AvgIpc) is 2.43. The van der Waals surface area contributed by atoms with Crippen LogP contribution in [-0.2, 0) is 4.79 Å². The van der Waals surface area contributed by atoms with Gasteiger partial charge in [0.25, 0.3) is 0 Å². The minimum atomic E-state index is -0.659. The molecule has 12 heavy (non-hydrogen) atoms. The molecular weight excluding hydrogens is 174 g/mol. The van der Waals surface area contributed by atoms with Crippen LogP contribution in [0.1, 0.15) is 19.8 Å². The SMILES string of the molecule is C[C@@]12CCCN1[C@H](C(=O)O)CS2. The lowest BCUT2D eigenvalue weighted by molar-refractivity contribution is -0.142. The monoisotopic (exact) mass is 187 g/mol. The van der Waals surface area contributed by atoms with Crippen LogP contribution in [0.25, 0.3) is 0 Å². The molecule has 2 heterocycles. The molecule has 0 aromatic rings. The maximum Gasteiger partial charge on any atom is 0.321 e. The number of carboxylic acid groups (broad SMARTS) is 1. The highest BCUT2D eigenvalue weighted by molar-refractivity contribution is 8.00. The van der Waals surface area contributed by atoms with Crippen LogP contribution in [0.3, 0.4) is 0 Å². The molecule has 0 spiro atoms. The van der Waals surface area contributed by atoms with Crippen molar-refractivity contribution < 1.29 is 9.90 Å². The number of rotatable bonds is 1. The summed E-state index contributed by atoms with van der Waals surface area (Å²) < 4.78 is 0. The molecule has 0 saturated carbocycles. The van der Waals surface area contributed by atoms with E-state index >= 15 is 0 Å². The van der Waals surface area contributed by atoms with Crippen LogP contribution in [-0.4, -0.2) is 39.2 Å². The smallest absolute Gasteiger partial charge is 0.321 e. The van der Waals surface area contributed by atoms with Crippen molar-refractivity contribution in [3.8, 4) is 0 Å². The second-order valence-corrected chi connectivity index (χ2v) is 5.14. The second-order valence-electron chi connectivity index (χ2n) is 3.64. The Kier molecular flexibility index (Phi) is 1.84. The van der Waals surface area contributed by atoms with E-state index in [1.165, 1.54) is 0 Å². The summed E-state index contributed by atoms with van der Waals surface area (Å²) in [6.07, 6.45) is 2.29. The normalized spacial score (nSPS) is 41.6. The molecule has 2 rings (SSSR count). The van der Waals surface area contributed by atoms with Crippen molar-refractivity contribution in [3.63, 3.8) is 0 Å². The van der Waals surface area contributed by atoms with Crippen molar-refractivity contribution in [1.82, 2.24) is 4.90 Å². The van der Waals surface area contributed by atoms with Gasteiger partial charge in [0.1, 0.15) is 6.04 Å². The highest BCUT2D eigenvalue weighted by atomic mass is 32.2. The third-order valence-electron chi connectivity index (χ3n) is 2.86. The molecule has 3 nitrogen and oxygen atoms in total. The van der Waals surface area contributed by atoms with E-state index in [0.29, 0.717) is 0 Å². The molecule has 0 bridgehead atoms. The summed E-state index contributed by atoms with van der Waals surface area (Å²) in [5, 5.41) is 8.92. The molecule has 1 N–H and O–H groups in total. The Labute approximate surface area is 76.1 Å². The lowest BCUT2D eigenvalue weighted by Crippen LogP contribution is -2.43. The zero-order valence-corrected chi connectivity index (χ0v) is 7.93. The predicted molar refractivity (Wildman–Crippen MR) is 48.2 cm³/mol. The van der Waals surface area contributed by atoms with Crippen LogP contribution >= 0.6 is 11.8 Å². The van der Waals surface area contributed by atoms with Crippen molar-refractivity contribution in [3.05, 3.63) is 0 Å². The summed E-state index contributed by atoms with van der Waals surface area (Å²) in [6, 6.07) is -0.234. The molecule has 2 fully saturated rings. The Hall–Kier alpha value is -0.220. The topological polar surface area (TPSA) is 40.5 Å². The predicted octanol–water partition coefficient (Wildman–Crippen LogP) is 0.998. The molecule has 68 valence electrons. The maximum absolute atomic E-state index is 10.8. The lowest BCUT2D eigenvalue weighted by Gasteiger charge is -2.28. The Morgan fingerprint density at radius 1 is 1.75 bits per heavy atom. The molecule has 0 aliphatic carbocycles. The molecule has 2 aliphatic rings. The van der Waals surface area contributed by atoms with Gasteiger partial charge in [-0.15, -0.1) is 11.8 Å². The number of carboxylic acids is 1. The summed E-state index contributed by atoms with van der Waals surface area (Å²) in [6.45, 7) is 3.12. The second kappa shape index (κ2) is 2.64. The molecule has 2 saturated heterocycles. The van der Waals surface area contributed by atoms with Crippen LogP contribution < -0.4 is 0 Å². The highest BCUT2D eigenvalue weighted by Crippen LogP contribution is 2.46.